The first-order valence-corrected chi connectivity index (χ1v) is 7.64. The van der Waals surface area contributed by atoms with Gasteiger partial charge >= 0.3 is 5.76 Å². The van der Waals surface area contributed by atoms with Crippen LogP contribution in [0.25, 0.3) is 11.1 Å². The van der Waals surface area contributed by atoms with Crippen molar-refractivity contribution in [3.63, 3.8) is 0 Å². The van der Waals surface area contributed by atoms with Crippen LogP contribution < -0.4 is 5.76 Å². The highest BCUT2D eigenvalue weighted by Crippen LogP contribution is 2.14. The van der Waals surface area contributed by atoms with Gasteiger partial charge in [-0.3, -0.25) is 9.47 Å². The summed E-state index contributed by atoms with van der Waals surface area (Å²) in [5, 5.41) is 0. The third-order valence-electron chi connectivity index (χ3n) is 3.57. The van der Waals surface area contributed by atoms with Crippen molar-refractivity contribution in [2.75, 3.05) is 32.8 Å². The Morgan fingerprint density at radius 1 is 1.14 bits per heavy atom. The Morgan fingerprint density at radius 3 is 2.57 bits per heavy atom. The number of fused-ring (bicyclic) bond motifs is 1. The van der Waals surface area contributed by atoms with Crippen LogP contribution in [0.1, 0.15) is 19.4 Å². The maximum atomic E-state index is 11.9. The molecule has 2 aromatic rings. The molecule has 21 heavy (non-hydrogen) atoms. The molecule has 0 aliphatic carbocycles. The molecule has 1 fully saturated rings. The second kappa shape index (κ2) is 7.43. The second-order valence-electron chi connectivity index (χ2n) is 4.94. The van der Waals surface area contributed by atoms with Crippen molar-refractivity contribution in [2.24, 2.45) is 0 Å². The summed E-state index contributed by atoms with van der Waals surface area (Å²) in [7, 11) is 0. The lowest BCUT2D eigenvalue weighted by atomic mass is 10.2. The van der Waals surface area contributed by atoms with Crippen molar-refractivity contribution in [2.45, 2.75) is 27.3 Å². The molecule has 5 nitrogen and oxygen atoms in total. The van der Waals surface area contributed by atoms with E-state index in [1.54, 1.807) is 4.57 Å². The van der Waals surface area contributed by atoms with Gasteiger partial charge in [0.15, 0.2) is 5.58 Å². The van der Waals surface area contributed by atoms with E-state index >= 15 is 0 Å². The molecular weight excluding hydrogens is 268 g/mol. The maximum absolute atomic E-state index is 11.9. The average Bonchev–Trinajstić information content (AvgIpc) is 2.82. The monoisotopic (exact) mass is 292 g/mol. The number of hydrogen-bond acceptors (Lipinski definition) is 4. The third kappa shape index (κ3) is 3.74. The predicted molar refractivity (Wildman–Crippen MR) is 83.8 cm³/mol. The Hall–Kier alpha value is -1.59. The summed E-state index contributed by atoms with van der Waals surface area (Å²) in [5.41, 5.74) is 2.65. The van der Waals surface area contributed by atoms with Crippen LogP contribution in [0.5, 0.6) is 0 Å². The summed E-state index contributed by atoms with van der Waals surface area (Å²) in [5.74, 6) is -0.270. The standard InChI is InChI=1S/C14H18N2O3.C2H6/c1-11-2-3-12-13(10-11)19-14(17)16(12)5-4-15-6-8-18-9-7-15;1-2/h2-3,10H,4-9H2,1H3;1-2H3. The molecule has 0 radical (unpaired) electrons. The zero-order valence-electron chi connectivity index (χ0n) is 13.1. The van der Waals surface area contributed by atoms with E-state index in [0.29, 0.717) is 12.1 Å². The molecule has 2 heterocycles. The van der Waals surface area contributed by atoms with E-state index in [1.807, 2.05) is 39.0 Å². The highest BCUT2D eigenvalue weighted by molar-refractivity contribution is 5.73. The minimum Gasteiger partial charge on any atom is -0.408 e. The first kappa shape index (κ1) is 15.8. The second-order valence-corrected chi connectivity index (χ2v) is 4.94. The number of hydrogen-bond donors (Lipinski definition) is 0. The van der Waals surface area contributed by atoms with Crippen LogP contribution in [0.4, 0.5) is 0 Å². The number of aryl methyl sites for hydroxylation is 1. The Morgan fingerprint density at radius 2 is 1.86 bits per heavy atom. The molecule has 0 amide bonds. The van der Waals surface area contributed by atoms with E-state index < -0.39 is 0 Å². The van der Waals surface area contributed by atoms with Crippen LogP contribution in [0, 0.1) is 6.92 Å². The van der Waals surface area contributed by atoms with Crippen molar-refractivity contribution in [1.82, 2.24) is 9.47 Å². The zero-order valence-corrected chi connectivity index (χ0v) is 13.1. The number of aromatic nitrogens is 1. The van der Waals surface area contributed by atoms with Gasteiger partial charge in [-0.05, 0) is 24.6 Å². The van der Waals surface area contributed by atoms with Gasteiger partial charge in [0.25, 0.3) is 0 Å². The Kier molecular flexibility index (Phi) is 5.59. The number of rotatable bonds is 3. The van der Waals surface area contributed by atoms with Crippen molar-refractivity contribution in [1.29, 1.82) is 0 Å². The van der Waals surface area contributed by atoms with Crippen LogP contribution >= 0.6 is 0 Å². The van der Waals surface area contributed by atoms with Crippen LogP contribution in [0.3, 0.4) is 0 Å². The Bertz CT molecular complexity index is 624. The fraction of sp³-hybridized carbons (Fsp3) is 0.562. The molecule has 1 saturated heterocycles. The average molecular weight is 292 g/mol. The number of nitrogens with zero attached hydrogens (tertiary/aromatic N) is 2. The molecule has 1 aliphatic heterocycles. The van der Waals surface area contributed by atoms with Gasteiger partial charge in [-0.15, -0.1) is 0 Å². The first-order valence-electron chi connectivity index (χ1n) is 7.64. The van der Waals surface area contributed by atoms with Crippen LogP contribution in [-0.2, 0) is 11.3 Å². The molecule has 0 N–H and O–H groups in total. The largest absolute Gasteiger partial charge is 0.419 e. The van der Waals surface area contributed by atoms with Gasteiger partial charge in [0, 0.05) is 26.2 Å². The summed E-state index contributed by atoms with van der Waals surface area (Å²) in [4.78, 5) is 14.2. The van der Waals surface area contributed by atoms with Gasteiger partial charge in [0.2, 0.25) is 0 Å². The lowest BCUT2D eigenvalue weighted by molar-refractivity contribution is 0.0363. The fourth-order valence-corrected chi connectivity index (χ4v) is 2.45. The van der Waals surface area contributed by atoms with Gasteiger partial charge in [-0.1, -0.05) is 19.9 Å². The van der Waals surface area contributed by atoms with Crippen LogP contribution in [0.15, 0.2) is 27.4 Å². The van der Waals surface area contributed by atoms with Crippen molar-refractivity contribution in [3.8, 4) is 0 Å². The minimum absolute atomic E-state index is 0.270. The normalized spacial score (nSPS) is 15.8. The molecule has 0 unspecified atom stereocenters. The molecule has 1 aromatic carbocycles. The van der Waals surface area contributed by atoms with Gasteiger partial charge in [-0.2, -0.15) is 0 Å². The zero-order chi connectivity index (χ0) is 15.2. The summed E-state index contributed by atoms with van der Waals surface area (Å²) in [6.07, 6.45) is 0. The number of morpholine rings is 1. The molecule has 0 spiro atoms. The van der Waals surface area contributed by atoms with E-state index in [0.717, 1.165) is 43.9 Å². The number of oxazole rings is 1. The highest BCUT2D eigenvalue weighted by atomic mass is 16.5. The van der Waals surface area contributed by atoms with Crippen LogP contribution in [0.2, 0.25) is 0 Å². The number of ether oxygens (including phenoxy) is 1. The smallest absolute Gasteiger partial charge is 0.408 e. The SMILES string of the molecule is CC.Cc1ccc2c(c1)oc(=O)n2CCN1CCOCC1. The van der Waals surface area contributed by atoms with Gasteiger partial charge in [0.1, 0.15) is 0 Å². The molecule has 0 atom stereocenters. The number of benzene rings is 1. The topological polar surface area (TPSA) is 47.6 Å². The first-order chi connectivity index (χ1) is 10.2. The lowest BCUT2D eigenvalue weighted by Gasteiger charge is -2.26. The maximum Gasteiger partial charge on any atom is 0.419 e. The van der Waals surface area contributed by atoms with Crippen molar-refractivity contribution >= 4 is 11.1 Å². The molecule has 5 heteroatoms. The van der Waals surface area contributed by atoms with E-state index in [4.69, 9.17) is 9.15 Å². The van der Waals surface area contributed by atoms with Gasteiger partial charge in [0.05, 0.1) is 18.7 Å². The molecule has 0 saturated carbocycles. The predicted octanol–water partition coefficient (Wildman–Crippen LogP) is 2.26. The van der Waals surface area contributed by atoms with Crippen molar-refractivity contribution < 1.29 is 9.15 Å². The molecule has 1 aliphatic rings. The van der Waals surface area contributed by atoms with E-state index in [-0.39, 0.29) is 5.76 Å². The van der Waals surface area contributed by atoms with E-state index in [9.17, 15) is 4.79 Å². The molecule has 1 aromatic heterocycles. The summed E-state index contributed by atoms with van der Waals surface area (Å²) in [6, 6.07) is 5.86. The molecular formula is C16H24N2O3. The van der Waals surface area contributed by atoms with Crippen molar-refractivity contribution in [3.05, 3.63) is 34.3 Å². The third-order valence-corrected chi connectivity index (χ3v) is 3.57. The van der Waals surface area contributed by atoms with Crippen LogP contribution in [-0.4, -0.2) is 42.3 Å². The molecule has 3 rings (SSSR count). The Labute approximate surface area is 125 Å². The van der Waals surface area contributed by atoms with E-state index in [2.05, 4.69) is 4.90 Å². The highest BCUT2D eigenvalue weighted by Gasteiger charge is 2.13. The summed E-state index contributed by atoms with van der Waals surface area (Å²) >= 11 is 0. The minimum atomic E-state index is -0.270. The lowest BCUT2D eigenvalue weighted by Crippen LogP contribution is -2.38. The summed E-state index contributed by atoms with van der Waals surface area (Å²) < 4.78 is 12.3. The Balaban J connectivity index is 0.000000774. The van der Waals surface area contributed by atoms with Gasteiger partial charge in [-0.25, -0.2) is 4.79 Å². The molecule has 0 bridgehead atoms. The quantitative estimate of drug-likeness (QED) is 0.870. The summed E-state index contributed by atoms with van der Waals surface area (Å²) in [6.45, 7) is 10.9. The molecule has 116 valence electrons. The van der Waals surface area contributed by atoms with Gasteiger partial charge < -0.3 is 9.15 Å². The van der Waals surface area contributed by atoms with E-state index in [1.165, 1.54) is 0 Å². The fourth-order valence-electron chi connectivity index (χ4n) is 2.45.